The molecule has 9 heteroatoms. The molecule has 1 heterocycles. The number of benzene rings is 1. The van der Waals surface area contributed by atoms with Crippen LogP contribution in [0.1, 0.15) is 11.1 Å². The second-order valence-corrected chi connectivity index (χ2v) is 13.5. The molecule has 1 aromatic carbocycles. The van der Waals surface area contributed by atoms with Crippen LogP contribution >= 0.6 is 11.8 Å². The highest BCUT2D eigenvalue weighted by atomic mass is 32.2. The Morgan fingerprint density at radius 3 is 2.44 bits per heavy atom. The van der Waals surface area contributed by atoms with Gasteiger partial charge in [-0.2, -0.15) is 13.2 Å². The van der Waals surface area contributed by atoms with Crippen molar-refractivity contribution in [2.45, 2.75) is 49.5 Å². The molecule has 0 saturated heterocycles. The molecular formula is C16H22F3N3OSSi. The molecule has 2 aromatic rings. The van der Waals surface area contributed by atoms with Gasteiger partial charge in [-0.25, -0.2) is 0 Å². The van der Waals surface area contributed by atoms with Crippen molar-refractivity contribution in [3.05, 3.63) is 41.7 Å². The van der Waals surface area contributed by atoms with Crippen molar-refractivity contribution in [3.8, 4) is 0 Å². The average molecular weight is 390 g/mol. The van der Waals surface area contributed by atoms with E-state index in [1.54, 1.807) is 10.9 Å². The van der Waals surface area contributed by atoms with Crippen LogP contribution in [-0.2, 0) is 23.4 Å². The highest BCUT2D eigenvalue weighted by molar-refractivity contribution is 7.98. The van der Waals surface area contributed by atoms with Crippen LogP contribution in [0.15, 0.2) is 35.7 Å². The molecule has 0 aliphatic heterocycles. The van der Waals surface area contributed by atoms with Crippen molar-refractivity contribution < 1.29 is 17.9 Å². The standard InChI is InChI=1S/C16H22F3N3OSSi/c1-25(2,3)9-8-23-12-22-11-20-21-15(22)24-10-13-4-6-14(7-5-13)16(17,18)19/h4-7,11H,8-10,12H2,1-3H3. The largest absolute Gasteiger partial charge is 0.416 e. The van der Waals surface area contributed by atoms with Crippen LogP contribution in [0.25, 0.3) is 0 Å². The Hall–Kier alpha value is -1.32. The van der Waals surface area contributed by atoms with E-state index in [2.05, 4.69) is 29.8 Å². The van der Waals surface area contributed by atoms with Crippen LogP contribution in [0.4, 0.5) is 13.2 Å². The number of thioether (sulfide) groups is 1. The Morgan fingerprint density at radius 2 is 1.84 bits per heavy atom. The van der Waals surface area contributed by atoms with E-state index >= 15 is 0 Å². The van der Waals surface area contributed by atoms with E-state index in [9.17, 15) is 13.2 Å². The van der Waals surface area contributed by atoms with Gasteiger partial charge < -0.3 is 4.74 Å². The first-order valence-corrected chi connectivity index (χ1v) is 12.6. The number of halogens is 3. The zero-order valence-corrected chi connectivity index (χ0v) is 16.3. The molecule has 0 spiro atoms. The van der Waals surface area contributed by atoms with Crippen molar-refractivity contribution in [1.82, 2.24) is 14.8 Å². The summed E-state index contributed by atoms with van der Waals surface area (Å²) in [5, 5.41) is 8.61. The average Bonchev–Trinajstić information content (AvgIpc) is 2.95. The number of alkyl halides is 3. The third kappa shape index (κ3) is 6.83. The first kappa shape index (κ1) is 20.0. The van der Waals surface area contributed by atoms with Gasteiger partial charge in [0.05, 0.1) is 5.56 Å². The Kier molecular flexibility index (Phi) is 6.70. The topological polar surface area (TPSA) is 39.9 Å². The summed E-state index contributed by atoms with van der Waals surface area (Å²) >= 11 is 1.42. The minimum absolute atomic E-state index is 0.382. The molecule has 0 unspecified atom stereocenters. The van der Waals surface area contributed by atoms with Crippen molar-refractivity contribution in [3.63, 3.8) is 0 Å². The van der Waals surface area contributed by atoms with Crippen molar-refractivity contribution in [2.24, 2.45) is 0 Å². The molecule has 0 aliphatic carbocycles. The number of rotatable bonds is 8. The zero-order chi connectivity index (χ0) is 18.5. The minimum atomic E-state index is -4.31. The monoisotopic (exact) mass is 389 g/mol. The fourth-order valence-corrected chi connectivity index (χ4v) is 3.54. The predicted molar refractivity (Wildman–Crippen MR) is 95.1 cm³/mol. The molecule has 0 aliphatic rings. The van der Waals surface area contributed by atoms with Crippen molar-refractivity contribution in [2.75, 3.05) is 6.61 Å². The first-order valence-electron chi connectivity index (χ1n) is 7.90. The van der Waals surface area contributed by atoms with Crippen molar-refractivity contribution in [1.29, 1.82) is 0 Å². The van der Waals surface area contributed by atoms with Gasteiger partial charge in [0.15, 0.2) is 5.16 Å². The van der Waals surface area contributed by atoms with Gasteiger partial charge in [0.25, 0.3) is 0 Å². The van der Waals surface area contributed by atoms with E-state index in [1.807, 2.05) is 0 Å². The normalized spacial score (nSPS) is 12.6. The maximum Gasteiger partial charge on any atom is 0.416 e. The zero-order valence-electron chi connectivity index (χ0n) is 14.5. The highest BCUT2D eigenvalue weighted by Gasteiger charge is 2.29. The smallest absolute Gasteiger partial charge is 0.361 e. The Balaban J connectivity index is 1.84. The van der Waals surface area contributed by atoms with Gasteiger partial charge in [0.2, 0.25) is 0 Å². The van der Waals surface area contributed by atoms with E-state index in [4.69, 9.17) is 4.74 Å². The third-order valence-corrected chi connectivity index (χ3v) is 6.21. The lowest BCUT2D eigenvalue weighted by molar-refractivity contribution is -0.137. The lowest BCUT2D eigenvalue weighted by atomic mass is 10.1. The molecule has 0 atom stereocenters. The summed E-state index contributed by atoms with van der Waals surface area (Å²) in [6, 6.07) is 6.26. The highest BCUT2D eigenvalue weighted by Crippen LogP contribution is 2.30. The lowest BCUT2D eigenvalue weighted by Gasteiger charge is -2.15. The number of aromatic nitrogens is 3. The van der Waals surface area contributed by atoms with Gasteiger partial charge >= 0.3 is 6.18 Å². The summed E-state index contributed by atoms with van der Waals surface area (Å²) in [7, 11) is -1.12. The third-order valence-electron chi connectivity index (χ3n) is 3.46. The number of ether oxygens (including phenoxy) is 1. The van der Waals surface area contributed by atoms with E-state index in [-0.39, 0.29) is 0 Å². The van der Waals surface area contributed by atoms with Crippen LogP contribution < -0.4 is 0 Å². The fourth-order valence-electron chi connectivity index (χ4n) is 1.92. The molecule has 0 amide bonds. The molecule has 0 bridgehead atoms. The summed E-state index contributed by atoms with van der Waals surface area (Å²) in [4.78, 5) is 0. The summed E-state index contributed by atoms with van der Waals surface area (Å²) in [6.07, 6.45) is -2.71. The van der Waals surface area contributed by atoms with E-state index in [0.29, 0.717) is 24.2 Å². The second-order valence-electron chi connectivity index (χ2n) is 6.91. The number of hydrogen-bond donors (Lipinski definition) is 0. The SMILES string of the molecule is C[Si](C)(C)CCOCn1cnnc1SCc1ccc(C(F)(F)F)cc1. The quantitative estimate of drug-likeness (QED) is 0.366. The van der Waals surface area contributed by atoms with E-state index in [0.717, 1.165) is 23.7 Å². The predicted octanol–water partition coefficient (Wildman–Crippen LogP) is 4.90. The van der Waals surface area contributed by atoms with Gasteiger partial charge in [-0.05, 0) is 23.7 Å². The summed E-state index contributed by atoms with van der Waals surface area (Å²) in [5.74, 6) is 0.520. The summed E-state index contributed by atoms with van der Waals surface area (Å²) in [5.41, 5.74) is 0.160. The molecule has 1 aromatic heterocycles. The Labute approximate surface area is 150 Å². The minimum Gasteiger partial charge on any atom is -0.361 e. The molecular weight excluding hydrogens is 367 g/mol. The lowest BCUT2D eigenvalue weighted by Crippen LogP contribution is -2.22. The van der Waals surface area contributed by atoms with Gasteiger partial charge in [-0.3, -0.25) is 4.57 Å². The summed E-state index contributed by atoms with van der Waals surface area (Å²) < 4.78 is 45.2. The molecule has 0 N–H and O–H groups in total. The number of hydrogen-bond acceptors (Lipinski definition) is 4. The van der Waals surface area contributed by atoms with Gasteiger partial charge in [-0.1, -0.05) is 43.5 Å². The molecule has 0 radical (unpaired) electrons. The van der Waals surface area contributed by atoms with Crippen LogP contribution in [0.3, 0.4) is 0 Å². The maximum absolute atomic E-state index is 12.6. The molecule has 2 rings (SSSR count). The Bertz CT molecular complexity index is 668. The van der Waals surface area contributed by atoms with Gasteiger partial charge in [0, 0.05) is 20.4 Å². The van der Waals surface area contributed by atoms with Crippen LogP contribution in [-0.4, -0.2) is 29.4 Å². The second kappa shape index (κ2) is 8.37. The number of nitrogens with zero attached hydrogens (tertiary/aromatic N) is 3. The molecule has 0 saturated carbocycles. The molecule has 4 nitrogen and oxygen atoms in total. The Morgan fingerprint density at radius 1 is 1.16 bits per heavy atom. The van der Waals surface area contributed by atoms with E-state index in [1.165, 1.54) is 23.9 Å². The van der Waals surface area contributed by atoms with Gasteiger partial charge in [-0.15, -0.1) is 10.2 Å². The van der Waals surface area contributed by atoms with Gasteiger partial charge in [0.1, 0.15) is 13.1 Å². The summed E-state index contributed by atoms with van der Waals surface area (Å²) in [6.45, 7) is 7.96. The molecule has 25 heavy (non-hydrogen) atoms. The van der Waals surface area contributed by atoms with Crippen LogP contribution in [0.5, 0.6) is 0 Å². The fraction of sp³-hybridized carbons (Fsp3) is 0.500. The van der Waals surface area contributed by atoms with Crippen LogP contribution in [0, 0.1) is 0 Å². The maximum atomic E-state index is 12.6. The van der Waals surface area contributed by atoms with Crippen LogP contribution in [0.2, 0.25) is 25.7 Å². The first-order chi connectivity index (χ1) is 11.6. The molecule has 0 fully saturated rings. The molecule has 138 valence electrons. The van der Waals surface area contributed by atoms with Crippen molar-refractivity contribution >= 4 is 19.8 Å². The van der Waals surface area contributed by atoms with E-state index < -0.39 is 19.8 Å².